The number of hydrogen-bond acceptors (Lipinski definition) is 4. The van der Waals surface area contributed by atoms with Crippen LogP contribution in [0.2, 0.25) is 0 Å². The molecule has 0 unspecified atom stereocenters. The summed E-state index contributed by atoms with van der Waals surface area (Å²) in [4.78, 5) is 18.9. The zero-order chi connectivity index (χ0) is 11.7. The summed E-state index contributed by atoms with van der Waals surface area (Å²) in [5.74, 6) is -1.14. The van der Waals surface area contributed by atoms with Gasteiger partial charge in [-0.05, 0) is 37.1 Å². The van der Waals surface area contributed by atoms with Gasteiger partial charge in [0.15, 0.2) is 0 Å². The van der Waals surface area contributed by atoms with Gasteiger partial charge in [0, 0.05) is 18.6 Å². The van der Waals surface area contributed by atoms with Crippen LogP contribution in [0.15, 0.2) is 18.3 Å². The van der Waals surface area contributed by atoms with E-state index in [1.165, 1.54) is 6.20 Å². The van der Waals surface area contributed by atoms with E-state index in [9.17, 15) is 9.90 Å². The summed E-state index contributed by atoms with van der Waals surface area (Å²) in [6.07, 6.45) is 1.28. The number of carbonyl (C=O) groups is 1. The Balaban J connectivity index is 0.00000144. The van der Waals surface area contributed by atoms with E-state index in [1.807, 2.05) is 26.0 Å². The van der Waals surface area contributed by atoms with Crippen molar-refractivity contribution in [2.24, 2.45) is 0 Å². The molecule has 0 aliphatic heterocycles. The van der Waals surface area contributed by atoms with E-state index >= 15 is 0 Å². The predicted octanol–water partition coefficient (Wildman–Crippen LogP) is -2.46. The minimum atomic E-state index is -1.14. The molecule has 2 aromatic rings. The van der Waals surface area contributed by atoms with Crippen molar-refractivity contribution >= 4 is 17.0 Å². The van der Waals surface area contributed by atoms with Crippen molar-refractivity contribution in [3.05, 3.63) is 35.2 Å². The van der Waals surface area contributed by atoms with Crippen molar-refractivity contribution in [3.8, 4) is 0 Å². The van der Waals surface area contributed by atoms with Crippen LogP contribution in [0.25, 0.3) is 11.0 Å². The molecule has 0 aliphatic carbocycles. The van der Waals surface area contributed by atoms with Gasteiger partial charge >= 0.3 is 18.9 Å². The molecule has 17 heavy (non-hydrogen) atoms. The summed E-state index contributed by atoms with van der Waals surface area (Å²) in [6.45, 7) is 3.99. The van der Waals surface area contributed by atoms with E-state index in [4.69, 9.17) is 0 Å². The first kappa shape index (κ1) is 13.7. The van der Waals surface area contributed by atoms with Gasteiger partial charge in [0.2, 0.25) is 0 Å². The first-order valence-corrected chi connectivity index (χ1v) is 4.99. The fourth-order valence-electron chi connectivity index (χ4n) is 1.54. The molecule has 0 aliphatic rings. The van der Waals surface area contributed by atoms with Crippen molar-refractivity contribution in [1.82, 2.24) is 9.97 Å². The van der Waals surface area contributed by atoms with Crippen molar-refractivity contribution in [1.29, 1.82) is 0 Å². The van der Waals surface area contributed by atoms with Crippen molar-refractivity contribution in [2.45, 2.75) is 20.3 Å². The van der Waals surface area contributed by atoms with Gasteiger partial charge in [-0.3, -0.25) is 4.98 Å². The van der Waals surface area contributed by atoms with E-state index in [2.05, 4.69) is 9.97 Å². The third-order valence-electron chi connectivity index (χ3n) is 2.53. The largest absolute Gasteiger partial charge is 1.00 e. The standard InChI is InChI=1S/C12H12N2O2.Li/c1-7-3-10-11(4-8(7)2)14-9(6-13-10)5-12(15)16;/h3-4,6H,5H2,1-2H3,(H,15,16);/q;+1/p-1. The van der Waals surface area contributed by atoms with Crippen LogP contribution in [0.3, 0.4) is 0 Å². The number of aliphatic carboxylic acids is 1. The molecule has 0 saturated heterocycles. The second kappa shape index (κ2) is 5.31. The molecule has 0 radical (unpaired) electrons. The molecule has 0 spiro atoms. The summed E-state index contributed by atoms with van der Waals surface area (Å²) in [5, 5.41) is 10.4. The first-order valence-electron chi connectivity index (χ1n) is 4.99. The maximum Gasteiger partial charge on any atom is 1.00 e. The maximum absolute atomic E-state index is 10.4. The molecule has 4 nitrogen and oxygen atoms in total. The van der Waals surface area contributed by atoms with Gasteiger partial charge in [-0.2, -0.15) is 0 Å². The number of aromatic nitrogens is 2. The summed E-state index contributed by atoms with van der Waals surface area (Å²) in [6, 6.07) is 3.86. The van der Waals surface area contributed by atoms with Gasteiger partial charge < -0.3 is 9.90 Å². The molecular weight excluding hydrogens is 211 g/mol. The number of hydrogen-bond donors (Lipinski definition) is 0. The van der Waals surface area contributed by atoms with Crippen LogP contribution in [-0.2, 0) is 11.2 Å². The second-order valence-corrected chi connectivity index (χ2v) is 3.84. The van der Waals surface area contributed by atoms with Crippen LogP contribution < -0.4 is 24.0 Å². The summed E-state index contributed by atoms with van der Waals surface area (Å²) in [5.41, 5.74) is 4.20. The summed E-state index contributed by atoms with van der Waals surface area (Å²) >= 11 is 0. The van der Waals surface area contributed by atoms with E-state index in [0.717, 1.165) is 22.2 Å². The molecule has 0 saturated carbocycles. The Morgan fingerprint density at radius 1 is 1.24 bits per heavy atom. The Labute approximate surface area is 111 Å². The molecule has 0 bridgehead atoms. The topological polar surface area (TPSA) is 65.9 Å². The fraction of sp³-hybridized carbons (Fsp3) is 0.250. The van der Waals surface area contributed by atoms with E-state index in [1.54, 1.807) is 0 Å². The van der Waals surface area contributed by atoms with Crippen molar-refractivity contribution in [3.63, 3.8) is 0 Å². The second-order valence-electron chi connectivity index (χ2n) is 3.84. The molecule has 0 N–H and O–H groups in total. The van der Waals surface area contributed by atoms with E-state index in [-0.39, 0.29) is 25.3 Å². The molecule has 0 atom stereocenters. The number of benzene rings is 1. The Morgan fingerprint density at radius 3 is 2.41 bits per heavy atom. The first-order chi connectivity index (χ1) is 7.56. The number of nitrogens with zero attached hydrogens (tertiary/aromatic N) is 2. The molecule has 0 fully saturated rings. The minimum absolute atomic E-state index is 0. The number of carbonyl (C=O) groups excluding carboxylic acids is 1. The molecular formula is C12H11LiN2O2. The Kier molecular flexibility index (Phi) is 4.27. The Bertz CT molecular complexity index is 570. The number of carboxylic acids is 1. The van der Waals surface area contributed by atoms with Crippen LogP contribution in [0.5, 0.6) is 0 Å². The van der Waals surface area contributed by atoms with Gasteiger partial charge in [0.05, 0.1) is 16.7 Å². The van der Waals surface area contributed by atoms with Gasteiger partial charge in [0.1, 0.15) is 0 Å². The molecule has 1 heterocycles. The van der Waals surface area contributed by atoms with Crippen molar-refractivity contribution in [2.75, 3.05) is 0 Å². The monoisotopic (exact) mass is 222 g/mol. The van der Waals surface area contributed by atoms with E-state index in [0.29, 0.717) is 5.69 Å². The molecule has 1 aromatic carbocycles. The summed E-state index contributed by atoms with van der Waals surface area (Å²) < 4.78 is 0. The third kappa shape index (κ3) is 3.06. The van der Waals surface area contributed by atoms with Gasteiger partial charge in [-0.1, -0.05) is 0 Å². The molecule has 0 amide bonds. The fourth-order valence-corrected chi connectivity index (χ4v) is 1.54. The molecule has 2 rings (SSSR count). The third-order valence-corrected chi connectivity index (χ3v) is 2.53. The number of rotatable bonds is 2. The Hall–Kier alpha value is -1.37. The summed E-state index contributed by atoms with van der Waals surface area (Å²) in [7, 11) is 0. The SMILES string of the molecule is Cc1cc2ncc(CC(=O)[O-])nc2cc1C.[Li+]. The normalized spacial score (nSPS) is 10.0. The maximum atomic E-state index is 10.4. The van der Waals surface area contributed by atoms with E-state index < -0.39 is 5.97 Å². The average molecular weight is 222 g/mol. The van der Waals surface area contributed by atoms with Crippen LogP contribution in [0, 0.1) is 13.8 Å². The van der Waals surface area contributed by atoms with Gasteiger partial charge in [0.25, 0.3) is 0 Å². The Morgan fingerprint density at radius 2 is 1.82 bits per heavy atom. The predicted molar refractivity (Wildman–Crippen MR) is 57.7 cm³/mol. The zero-order valence-electron chi connectivity index (χ0n) is 10.2. The number of aryl methyl sites for hydroxylation is 2. The van der Waals surface area contributed by atoms with Crippen LogP contribution in [0.4, 0.5) is 0 Å². The van der Waals surface area contributed by atoms with Crippen molar-refractivity contribution < 1.29 is 28.8 Å². The number of fused-ring (bicyclic) bond motifs is 1. The van der Waals surface area contributed by atoms with Gasteiger partial charge in [-0.25, -0.2) is 4.98 Å². The van der Waals surface area contributed by atoms with Gasteiger partial charge in [-0.15, -0.1) is 0 Å². The quantitative estimate of drug-likeness (QED) is 0.529. The average Bonchev–Trinajstić information content (AvgIpc) is 2.19. The van der Waals surface area contributed by atoms with Crippen LogP contribution in [-0.4, -0.2) is 15.9 Å². The van der Waals surface area contributed by atoms with Crippen LogP contribution >= 0.6 is 0 Å². The molecule has 82 valence electrons. The number of carboxylic acid groups (broad SMARTS) is 1. The zero-order valence-corrected chi connectivity index (χ0v) is 10.2. The molecule has 1 aromatic heterocycles. The minimum Gasteiger partial charge on any atom is -0.550 e. The van der Waals surface area contributed by atoms with Crippen LogP contribution in [0.1, 0.15) is 16.8 Å². The molecule has 5 heteroatoms. The smallest absolute Gasteiger partial charge is 0.550 e.